The number of barbiturate groups is 1. The van der Waals surface area contributed by atoms with E-state index in [9.17, 15) is 22.8 Å². The fourth-order valence-electron chi connectivity index (χ4n) is 3.60. The number of halogens is 1. The van der Waals surface area contributed by atoms with Crippen LogP contribution in [0.25, 0.3) is 6.08 Å². The molecule has 1 fully saturated rings. The topological polar surface area (TPSA) is 119 Å². The fourth-order valence-corrected chi connectivity index (χ4v) is 4.72. The summed E-state index contributed by atoms with van der Waals surface area (Å²) in [6.45, 7) is 5.50. The molecule has 4 rings (SSSR count). The second-order valence-corrected chi connectivity index (χ2v) is 10.3. The van der Waals surface area contributed by atoms with Crippen LogP contribution in [0.1, 0.15) is 23.6 Å². The molecule has 1 saturated heterocycles. The lowest BCUT2D eigenvalue weighted by Crippen LogP contribution is -2.54. The van der Waals surface area contributed by atoms with Gasteiger partial charge in [-0.25, -0.2) is 9.69 Å². The largest absolute Gasteiger partial charge is 0.490 e. The summed E-state index contributed by atoms with van der Waals surface area (Å²) < 4.78 is 36.4. The molecule has 0 bridgehead atoms. The quantitative estimate of drug-likeness (QED) is 0.253. The van der Waals surface area contributed by atoms with Gasteiger partial charge in [-0.15, -0.1) is 0 Å². The summed E-state index contributed by atoms with van der Waals surface area (Å²) in [5.41, 5.74) is 1.86. The van der Waals surface area contributed by atoms with E-state index in [2.05, 4.69) is 5.32 Å². The van der Waals surface area contributed by atoms with Crippen molar-refractivity contribution in [3.63, 3.8) is 0 Å². The molecule has 0 unspecified atom stereocenters. The van der Waals surface area contributed by atoms with E-state index >= 15 is 0 Å². The summed E-state index contributed by atoms with van der Waals surface area (Å²) in [6, 6.07) is 14.2. The van der Waals surface area contributed by atoms with Gasteiger partial charge in [0.1, 0.15) is 10.5 Å². The molecule has 11 heteroatoms. The van der Waals surface area contributed by atoms with Crippen LogP contribution in [-0.2, 0) is 19.7 Å². The van der Waals surface area contributed by atoms with Crippen LogP contribution in [0.3, 0.4) is 0 Å². The minimum Gasteiger partial charge on any atom is -0.490 e. The second-order valence-electron chi connectivity index (χ2n) is 8.38. The maximum Gasteiger partial charge on any atom is 0.339 e. The summed E-state index contributed by atoms with van der Waals surface area (Å²) >= 11 is 6.16. The van der Waals surface area contributed by atoms with Gasteiger partial charge in [-0.05, 0) is 74.4 Å². The third-order valence-corrected chi connectivity index (χ3v) is 7.26. The number of hydrogen-bond acceptors (Lipinski definition) is 7. The molecule has 1 aliphatic heterocycles. The molecule has 1 N–H and O–H groups in total. The molecule has 0 saturated carbocycles. The number of rotatable bonds is 7. The predicted octanol–water partition coefficient (Wildman–Crippen LogP) is 4.79. The SMILES string of the molecule is CCOc1cc(/C=C2\C(=O)NC(=O)N(c3ccc(C)c(Cl)c3)C2=O)ccc1OS(=O)(=O)c1ccc(C)cc1. The van der Waals surface area contributed by atoms with Crippen molar-refractivity contribution in [2.24, 2.45) is 0 Å². The van der Waals surface area contributed by atoms with Crippen LogP contribution in [-0.4, -0.2) is 32.9 Å². The van der Waals surface area contributed by atoms with Crippen LogP contribution in [0.4, 0.5) is 10.5 Å². The first-order valence-electron chi connectivity index (χ1n) is 11.5. The molecule has 1 aliphatic rings. The first-order valence-corrected chi connectivity index (χ1v) is 13.2. The number of hydrogen-bond donors (Lipinski definition) is 1. The van der Waals surface area contributed by atoms with Gasteiger partial charge >= 0.3 is 16.1 Å². The Morgan fingerprint density at radius 3 is 2.32 bits per heavy atom. The highest BCUT2D eigenvalue weighted by atomic mass is 35.5. The molecule has 3 aromatic rings. The number of aryl methyl sites for hydroxylation is 2. The zero-order valence-electron chi connectivity index (χ0n) is 20.6. The second kappa shape index (κ2) is 10.7. The van der Waals surface area contributed by atoms with Crippen molar-refractivity contribution >= 4 is 51.3 Å². The predicted molar refractivity (Wildman–Crippen MR) is 142 cm³/mol. The number of amides is 4. The van der Waals surface area contributed by atoms with Gasteiger partial charge in [0.2, 0.25) is 0 Å². The van der Waals surface area contributed by atoms with Gasteiger partial charge in [0.25, 0.3) is 11.8 Å². The van der Waals surface area contributed by atoms with Gasteiger partial charge in [0, 0.05) is 5.02 Å². The van der Waals surface area contributed by atoms with Crippen LogP contribution >= 0.6 is 11.6 Å². The third-order valence-electron chi connectivity index (χ3n) is 5.60. The van der Waals surface area contributed by atoms with Gasteiger partial charge in [-0.2, -0.15) is 8.42 Å². The molecule has 9 nitrogen and oxygen atoms in total. The van der Waals surface area contributed by atoms with Crippen LogP contribution in [0.2, 0.25) is 5.02 Å². The minimum atomic E-state index is -4.15. The number of urea groups is 1. The molecule has 4 amide bonds. The maximum atomic E-state index is 13.2. The summed E-state index contributed by atoms with van der Waals surface area (Å²) in [5, 5.41) is 2.50. The molecular weight excluding hydrogens is 532 g/mol. The molecule has 196 valence electrons. The van der Waals surface area contributed by atoms with Crippen LogP contribution in [0, 0.1) is 13.8 Å². The number of anilines is 1. The maximum absolute atomic E-state index is 13.2. The smallest absolute Gasteiger partial charge is 0.339 e. The normalized spacial score (nSPS) is 15.0. The zero-order chi connectivity index (χ0) is 27.6. The number of imide groups is 2. The summed E-state index contributed by atoms with van der Waals surface area (Å²) in [7, 11) is -4.15. The average molecular weight is 555 g/mol. The minimum absolute atomic E-state index is 0.0258. The van der Waals surface area contributed by atoms with Crippen LogP contribution in [0.15, 0.2) is 71.1 Å². The number of ether oxygens (including phenoxy) is 1. The Balaban J connectivity index is 1.67. The standard InChI is InChI=1S/C27H23ClN2O7S/c1-4-36-24-14-18(8-12-23(24)37-38(34,35)20-10-5-16(2)6-11-20)13-21-25(31)29-27(33)30(26(21)32)19-9-7-17(3)22(28)15-19/h5-15H,4H2,1-3H3,(H,29,31,33)/b21-13+. The Morgan fingerprint density at radius 1 is 0.947 bits per heavy atom. The van der Waals surface area contributed by atoms with Crippen molar-refractivity contribution in [1.82, 2.24) is 5.32 Å². The molecule has 0 aliphatic carbocycles. The van der Waals surface area contributed by atoms with Crippen molar-refractivity contribution < 1.29 is 31.7 Å². The fraction of sp³-hybridized carbons (Fsp3) is 0.148. The summed E-state index contributed by atoms with van der Waals surface area (Å²) in [6.07, 6.45) is 1.27. The van der Waals surface area contributed by atoms with E-state index < -0.39 is 28.0 Å². The van der Waals surface area contributed by atoms with E-state index in [0.29, 0.717) is 10.6 Å². The van der Waals surface area contributed by atoms with Crippen molar-refractivity contribution in [3.8, 4) is 11.5 Å². The summed E-state index contributed by atoms with van der Waals surface area (Å²) in [4.78, 5) is 39.0. The Bertz CT molecular complexity index is 1580. The lowest BCUT2D eigenvalue weighted by atomic mass is 10.1. The zero-order valence-corrected chi connectivity index (χ0v) is 22.2. The highest BCUT2D eigenvalue weighted by Crippen LogP contribution is 2.33. The van der Waals surface area contributed by atoms with Gasteiger partial charge in [-0.3, -0.25) is 14.9 Å². The van der Waals surface area contributed by atoms with Gasteiger partial charge < -0.3 is 8.92 Å². The first-order chi connectivity index (χ1) is 18.0. The van der Waals surface area contributed by atoms with Crippen molar-refractivity contribution in [2.45, 2.75) is 25.7 Å². The van der Waals surface area contributed by atoms with E-state index in [4.69, 9.17) is 20.5 Å². The highest BCUT2D eigenvalue weighted by molar-refractivity contribution is 7.87. The van der Waals surface area contributed by atoms with Crippen molar-refractivity contribution in [3.05, 3.63) is 87.9 Å². The lowest BCUT2D eigenvalue weighted by molar-refractivity contribution is -0.122. The highest BCUT2D eigenvalue weighted by Gasteiger charge is 2.37. The monoisotopic (exact) mass is 554 g/mol. The molecule has 0 atom stereocenters. The van der Waals surface area contributed by atoms with E-state index in [-0.39, 0.29) is 34.3 Å². The van der Waals surface area contributed by atoms with E-state index in [1.807, 2.05) is 6.92 Å². The van der Waals surface area contributed by atoms with Gasteiger partial charge in [0.15, 0.2) is 11.5 Å². The van der Waals surface area contributed by atoms with Crippen molar-refractivity contribution in [2.75, 3.05) is 11.5 Å². The van der Waals surface area contributed by atoms with E-state index in [0.717, 1.165) is 16.0 Å². The Morgan fingerprint density at radius 2 is 1.66 bits per heavy atom. The Hall–Kier alpha value is -4.15. The molecular formula is C27H23ClN2O7S. The first kappa shape index (κ1) is 26.9. The number of nitrogens with zero attached hydrogens (tertiary/aromatic N) is 1. The van der Waals surface area contributed by atoms with Gasteiger partial charge in [-0.1, -0.05) is 41.4 Å². The van der Waals surface area contributed by atoms with Crippen LogP contribution < -0.4 is 19.1 Å². The van der Waals surface area contributed by atoms with E-state index in [1.54, 1.807) is 38.1 Å². The molecule has 0 spiro atoms. The van der Waals surface area contributed by atoms with Crippen molar-refractivity contribution in [1.29, 1.82) is 0 Å². The number of nitrogens with one attached hydrogen (secondary N) is 1. The number of carbonyl (C=O) groups is 3. The molecule has 38 heavy (non-hydrogen) atoms. The molecule has 3 aromatic carbocycles. The number of benzene rings is 3. The lowest BCUT2D eigenvalue weighted by Gasteiger charge is -2.26. The van der Waals surface area contributed by atoms with E-state index in [1.165, 1.54) is 42.5 Å². The average Bonchev–Trinajstić information content (AvgIpc) is 2.85. The third kappa shape index (κ3) is 5.56. The molecule has 0 radical (unpaired) electrons. The number of carbonyl (C=O) groups excluding carboxylic acids is 3. The summed E-state index contributed by atoms with van der Waals surface area (Å²) in [5.74, 6) is -1.71. The van der Waals surface area contributed by atoms with Crippen LogP contribution in [0.5, 0.6) is 11.5 Å². The van der Waals surface area contributed by atoms with Gasteiger partial charge in [0.05, 0.1) is 12.3 Å². The Kier molecular flexibility index (Phi) is 7.56. The Labute approximate surface area is 224 Å². The molecule has 0 aromatic heterocycles. The molecule has 1 heterocycles.